The van der Waals surface area contributed by atoms with E-state index in [4.69, 9.17) is 9.47 Å². The number of rotatable bonds is 5. The van der Waals surface area contributed by atoms with Crippen LogP contribution in [0.3, 0.4) is 0 Å². The third-order valence-electron chi connectivity index (χ3n) is 1.55. The number of pyridine rings is 1. The predicted octanol–water partition coefficient (Wildman–Crippen LogP) is 2.97. The molecule has 0 radical (unpaired) electrons. The van der Waals surface area contributed by atoms with Gasteiger partial charge in [-0.3, -0.25) is 0 Å². The van der Waals surface area contributed by atoms with Crippen LogP contribution in [-0.2, 0) is 0 Å². The van der Waals surface area contributed by atoms with E-state index in [-0.39, 0.29) is 25.4 Å². The monoisotopic (exact) mass is 356 g/mol. The molecule has 0 aliphatic carbocycles. The maximum Gasteiger partial charge on any atom is 0.213 e. The Morgan fingerprint density at radius 1 is 1.35 bits per heavy atom. The van der Waals surface area contributed by atoms with Gasteiger partial charge in [-0.1, -0.05) is 20.3 Å². The van der Waals surface area contributed by atoms with Crippen molar-refractivity contribution in [2.45, 2.75) is 20.3 Å². The van der Waals surface area contributed by atoms with E-state index in [0.29, 0.717) is 12.5 Å². The van der Waals surface area contributed by atoms with Gasteiger partial charge >= 0.3 is 0 Å². The van der Waals surface area contributed by atoms with E-state index in [1.165, 1.54) is 6.42 Å². The summed E-state index contributed by atoms with van der Waals surface area (Å²) in [6.45, 7) is 5.68. The molecule has 1 aromatic rings. The number of methoxy groups -OCH3 is 1. The van der Waals surface area contributed by atoms with Crippen molar-refractivity contribution in [1.82, 2.24) is 10.3 Å². The second-order valence-corrected chi connectivity index (χ2v) is 3.20. The van der Waals surface area contributed by atoms with Crippen LogP contribution in [0.25, 0.3) is 0 Å². The topological polar surface area (TPSA) is 43.4 Å². The minimum Gasteiger partial charge on any atom is -0.495 e. The summed E-state index contributed by atoms with van der Waals surface area (Å²) in [5, 5.41) is 2.98. The summed E-state index contributed by atoms with van der Waals surface area (Å²) in [5.74, 6) is 1.36. The molecule has 1 heterocycles. The Balaban J connectivity index is -0.000000410. The van der Waals surface area contributed by atoms with Gasteiger partial charge in [-0.2, -0.15) is 0 Å². The lowest BCUT2D eigenvalue weighted by molar-refractivity contribution is 0.305. The molecular weight excluding hydrogens is 331 g/mol. The van der Waals surface area contributed by atoms with Crippen LogP contribution in [0.4, 0.5) is 0 Å². The van der Waals surface area contributed by atoms with Gasteiger partial charge in [-0.15, -0.1) is 24.0 Å². The van der Waals surface area contributed by atoms with E-state index in [1.54, 1.807) is 19.4 Å². The first-order chi connectivity index (χ1) is 7.78. The largest absolute Gasteiger partial charge is 0.495 e. The van der Waals surface area contributed by atoms with Crippen LogP contribution in [0.15, 0.2) is 18.3 Å². The first kappa shape index (κ1) is 18.8. The van der Waals surface area contributed by atoms with E-state index in [0.717, 1.165) is 12.3 Å². The maximum atomic E-state index is 5.32. The number of ether oxygens (including phenoxy) is 2. The highest BCUT2D eigenvalue weighted by molar-refractivity contribution is 14.0. The highest BCUT2D eigenvalue weighted by Gasteiger charge is 1.95. The summed E-state index contributed by atoms with van der Waals surface area (Å²) in [6, 6.07) is 3.61. The van der Waals surface area contributed by atoms with Crippen LogP contribution < -0.4 is 14.8 Å². The number of aromatic nitrogens is 1. The third-order valence-corrected chi connectivity index (χ3v) is 1.55. The molecule has 0 saturated heterocycles. The van der Waals surface area contributed by atoms with E-state index >= 15 is 0 Å². The molecular formula is C12H25IN2O2. The fraction of sp³-hybridized carbons (Fsp3) is 0.583. The van der Waals surface area contributed by atoms with Crippen molar-refractivity contribution in [2.24, 2.45) is 0 Å². The second kappa shape index (κ2) is 13.5. The van der Waals surface area contributed by atoms with Crippen LogP contribution in [0.2, 0.25) is 0 Å². The maximum absolute atomic E-state index is 5.32. The van der Waals surface area contributed by atoms with Crippen LogP contribution >= 0.6 is 24.0 Å². The first-order valence-corrected chi connectivity index (χ1v) is 5.55. The van der Waals surface area contributed by atoms with Crippen molar-refractivity contribution in [3.8, 4) is 11.6 Å². The average Bonchev–Trinajstić information content (AvgIpc) is 2.31. The van der Waals surface area contributed by atoms with Crippen LogP contribution in [0.1, 0.15) is 21.7 Å². The fourth-order valence-corrected chi connectivity index (χ4v) is 0.831. The van der Waals surface area contributed by atoms with Gasteiger partial charge < -0.3 is 14.8 Å². The molecule has 1 aromatic heterocycles. The summed E-state index contributed by atoms with van der Waals surface area (Å²) < 4.78 is 10.3. The molecule has 5 heteroatoms. The van der Waals surface area contributed by atoms with Gasteiger partial charge in [0.1, 0.15) is 12.4 Å². The molecule has 0 fully saturated rings. The molecule has 0 aliphatic heterocycles. The standard InChI is InChI=1S/C9H14N2O2.C3H8.HI.H2/c1-10-5-6-13-9-4-3-8(12-2)7-11-9;1-3-2;;/h3-4,7,10H,5-6H2,1-2H3;3H2,1-2H3;2*1H. The predicted molar refractivity (Wildman–Crippen MR) is 83.7 cm³/mol. The first-order valence-electron chi connectivity index (χ1n) is 5.55. The summed E-state index contributed by atoms with van der Waals surface area (Å²) in [5.41, 5.74) is 0. The Kier molecular flexibility index (Phi) is 14.9. The summed E-state index contributed by atoms with van der Waals surface area (Å²) in [7, 11) is 3.49. The number of nitrogens with one attached hydrogen (secondary N) is 1. The van der Waals surface area contributed by atoms with Crippen LogP contribution in [-0.4, -0.2) is 32.3 Å². The highest BCUT2D eigenvalue weighted by Crippen LogP contribution is 2.12. The summed E-state index contributed by atoms with van der Waals surface area (Å²) in [6.07, 6.45) is 2.88. The van der Waals surface area contributed by atoms with Crippen LogP contribution in [0, 0.1) is 0 Å². The lowest BCUT2D eigenvalue weighted by Gasteiger charge is -2.04. The lowest BCUT2D eigenvalue weighted by atomic mass is 10.4. The summed E-state index contributed by atoms with van der Waals surface area (Å²) in [4.78, 5) is 4.05. The molecule has 0 atom stereocenters. The van der Waals surface area contributed by atoms with E-state index in [9.17, 15) is 0 Å². The van der Waals surface area contributed by atoms with E-state index in [2.05, 4.69) is 24.1 Å². The quantitative estimate of drug-likeness (QED) is 0.651. The molecule has 0 unspecified atom stereocenters. The SMILES string of the molecule is CCC.CNCCOc1ccc(OC)cn1.I.[HH]. The van der Waals surface area contributed by atoms with Crippen molar-refractivity contribution in [3.63, 3.8) is 0 Å². The molecule has 102 valence electrons. The Labute approximate surface area is 123 Å². The van der Waals surface area contributed by atoms with Gasteiger partial charge in [-0.25, -0.2) is 4.98 Å². The zero-order chi connectivity index (χ0) is 12.2. The Bertz CT molecular complexity index is 261. The van der Waals surface area contributed by atoms with Gasteiger partial charge in [-0.05, 0) is 13.1 Å². The number of nitrogens with zero attached hydrogens (tertiary/aromatic N) is 1. The van der Waals surface area contributed by atoms with Crippen LogP contribution in [0.5, 0.6) is 11.6 Å². The van der Waals surface area contributed by atoms with Gasteiger partial charge in [0.2, 0.25) is 5.88 Å². The fourth-order valence-electron chi connectivity index (χ4n) is 0.831. The zero-order valence-corrected chi connectivity index (χ0v) is 13.4. The normalized spacial score (nSPS) is 8.47. The van der Waals surface area contributed by atoms with E-state index in [1.807, 2.05) is 13.1 Å². The Morgan fingerprint density at radius 2 is 2.00 bits per heavy atom. The molecule has 0 aromatic carbocycles. The number of likely N-dealkylation sites (N-methyl/N-ethyl adjacent to an activating group) is 1. The number of halogens is 1. The van der Waals surface area contributed by atoms with Crippen molar-refractivity contribution >= 4 is 24.0 Å². The minimum atomic E-state index is 0. The highest BCUT2D eigenvalue weighted by atomic mass is 127. The zero-order valence-electron chi connectivity index (χ0n) is 11.0. The second-order valence-electron chi connectivity index (χ2n) is 3.20. The van der Waals surface area contributed by atoms with Gasteiger partial charge in [0.25, 0.3) is 0 Å². The van der Waals surface area contributed by atoms with Gasteiger partial charge in [0.05, 0.1) is 13.3 Å². The summed E-state index contributed by atoms with van der Waals surface area (Å²) >= 11 is 0. The van der Waals surface area contributed by atoms with Crippen molar-refractivity contribution in [3.05, 3.63) is 18.3 Å². The van der Waals surface area contributed by atoms with Gasteiger partial charge in [0, 0.05) is 14.0 Å². The van der Waals surface area contributed by atoms with Crippen molar-refractivity contribution in [1.29, 1.82) is 0 Å². The van der Waals surface area contributed by atoms with Crippen molar-refractivity contribution < 1.29 is 10.9 Å². The molecule has 0 spiro atoms. The Hall–Kier alpha value is -0.560. The molecule has 0 aliphatic rings. The average molecular weight is 356 g/mol. The molecule has 1 rings (SSSR count). The molecule has 0 saturated carbocycles. The molecule has 17 heavy (non-hydrogen) atoms. The lowest BCUT2D eigenvalue weighted by Crippen LogP contribution is -2.16. The van der Waals surface area contributed by atoms with Gasteiger partial charge in [0.15, 0.2) is 0 Å². The molecule has 1 N–H and O–H groups in total. The molecule has 4 nitrogen and oxygen atoms in total. The minimum absolute atomic E-state index is 0. The molecule has 0 amide bonds. The Morgan fingerprint density at radius 3 is 2.41 bits per heavy atom. The number of hydrogen-bond donors (Lipinski definition) is 1. The smallest absolute Gasteiger partial charge is 0.213 e. The van der Waals surface area contributed by atoms with E-state index < -0.39 is 0 Å². The third kappa shape index (κ3) is 10.3. The van der Waals surface area contributed by atoms with Crippen molar-refractivity contribution in [2.75, 3.05) is 27.3 Å². The molecule has 0 bridgehead atoms. The number of hydrogen-bond acceptors (Lipinski definition) is 4.